The zero-order valence-corrected chi connectivity index (χ0v) is 14.2. The van der Waals surface area contributed by atoms with Gasteiger partial charge in [0, 0.05) is 17.5 Å². The van der Waals surface area contributed by atoms with Crippen molar-refractivity contribution in [2.75, 3.05) is 13.2 Å². The number of ether oxygens (including phenoxy) is 1. The van der Waals surface area contributed by atoms with E-state index in [1.165, 1.54) is 30.6 Å². The molecule has 0 radical (unpaired) electrons. The normalized spacial score (nSPS) is 19.4. The van der Waals surface area contributed by atoms with Gasteiger partial charge in [-0.1, -0.05) is 31.4 Å². The topological polar surface area (TPSA) is 21.3 Å². The number of thiophene rings is 1. The average molecular weight is 316 g/mol. The Morgan fingerprint density at radius 3 is 2.65 bits per heavy atom. The summed E-state index contributed by atoms with van der Waals surface area (Å²) in [5.74, 6) is 0. The molecule has 1 aromatic heterocycles. The molecule has 0 amide bonds. The predicted octanol–water partition coefficient (Wildman–Crippen LogP) is 4.66. The maximum Gasteiger partial charge on any atom is 0.0931 e. The van der Waals surface area contributed by atoms with Crippen molar-refractivity contribution in [3.63, 3.8) is 0 Å². The van der Waals surface area contributed by atoms with Crippen molar-refractivity contribution >= 4 is 22.9 Å². The third-order valence-corrected chi connectivity index (χ3v) is 5.45. The van der Waals surface area contributed by atoms with Crippen LogP contribution >= 0.6 is 22.9 Å². The first-order valence-corrected chi connectivity index (χ1v) is 9.01. The van der Waals surface area contributed by atoms with Crippen molar-refractivity contribution in [1.29, 1.82) is 0 Å². The lowest BCUT2D eigenvalue weighted by atomic mass is 9.89. The Morgan fingerprint density at radius 2 is 2.10 bits per heavy atom. The van der Waals surface area contributed by atoms with Crippen LogP contribution in [0, 0.1) is 0 Å². The summed E-state index contributed by atoms with van der Waals surface area (Å²) in [5.41, 5.74) is 0.0282. The molecule has 1 aliphatic carbocycles. The van der Waals surface area contributed by atoms with Crippen molar-refractivity contribution in [2.45, 2.75) is 64.0 Å². The van der Waals surface area contributed by atoms with Crippen LogP contribution in [0.2, 0.25) is 4.34 Å². The SMILES string of the molecule is CCCNC(Cc1ccc(Cl)s1)C1(OCC)CCCC1. The van der Waals surface area contributed by atoms with Crippen LogP contribution in [0.3, 0.4) is 0 Å². The van der Waals surface area contributed by atoms with E-state index in [0.29, 0.717) is 6.04 Å². The van der Waals surface area contributed by atoms with E-state index in [0.717, 1.165) is 30.3 Å². The van der Waals surface area contributed by atoms with Crippen molar-refractivity contribution in [3.05, 3.63) is 21.3 Å². The average Bonchev–Trinajstić information content (AvgIpc) is 3.05. The zero-order chi connectivity index (χ0) is 14.4. The molecule has 20 heavy (non-hydrogen) atoms. The Bertz CT molecular complexity index is 401. The number of halogens is 1. The molecule has 2 rings (SSSR count). The largest absolute Gasteiger partial charge is 0.374 e. The lowest BCUT2D eigenvalue weighted by molar-refractivity contribution is -0.0610. The standard InChI is InChI=1S/C16H26ClNOS/c1-3-11-18-14(12-13-7-8-15(17)20-13)16(19-4-2)9-5-6-10-16/h7-8,14,18H,3-6,9-12H2,1-2H3. The number of nitrogens with one attached hydrogen (secondary N) is 1. The van der Waals surface area contributed by atoms with Crippen LogP contribution in [-0.4, -0.2) is 24.8 Å². The van der Waals surface area contributed by atoms with Crippen molar-refractivity contribution in [2.24, 2.45) is 0 Å². The molecular weight excluding hydrogens is 290 g/mol. The van der Waals surface area contributed by atoms with Crippen LogP contribution in [0.4, 0.5) is 0 Å². The third-order valence-electron chi connectivity index (χ3n) is 4.19. The first-order chi connectivity index (χ1) is 9.70. The second kappa shape index (κ2) is 7.79. The highest BCUT2D eigenvalue weighted by atomic mass is 35.5. The van der Waals surface area contributed by atoms with Crippen molar-refractivity contribution in [3.8, 4) is 0 Å². The van der Waals surface area contributed by atoms with E-state index < -0.39 is 0 Å². The molecule has 0 saturated heterocycles. The quantitative estimate of drug-likeness (QED) is 0.753. The minimum Gasteiger partial charge on any atom is -0.374 e. The minimum atomic E-state index is 0.0282. The zero-order valence-electron chi connectivity index (χ0n) is 12.6. The fraction of sp³-hybridized carbons (Fsp3) is 0.750. The van der Waals surface area contributed by atoms with Crippen molar-refractivity contribution in [1.82, 2.24) is 5.32 Å². The van der Waals surface area contributed by atoms with E-state index in [-0.39, 0.29) is 5.60 Å². The molecule has 0 spiro atoms. The molecule has 1 aliphatic rings. The smallest absolute Gasteiger partial charge is 0.0931 e. The van der Waals surface area contributed by atoms with E-state index in [4.69, 9.17) is 16.3 Å². The summed E-state index contributed by atoms with van der Waals surface area (Å²) in [6.45, 7) is 6.18. The Morgan fingerprint density at radius 1 is 1.35 bits per heavy atom. The molecule has 0 bridgehead atoms. The van der Waals surface area contributed by atoms with Gasteiger partial charge < -0.3 is 10.1 Å². The van der Waals surface area contributed by atoms with E-state index in [9.17, 15) is 0 Å². The Labute approximate surface area is 131 Å². The molecular formula is C16H26ClNOS. The predicted molar refractivity (Wildman–Crippen MR) is 87.9 cm³/mol. The van der Waals surface area contributed by atoms with Crippen molar-refractivity contribution < 1.29 is 4.74 Å². The van der Waals surface area contributed by atoms with Gasteiger partial charge in [0.25, 0.3) is 0 Å². The molecule has 114 valence electrons. The molecule has 1 unspecified atom stereocenters. The highest BCUT2D eigenvalue weighted by molar-refractivity contribution is 7.16. The van der Waals surface area contributed by atoms with Crippen LogP contribution in [0.5, 0.6) is 0 Å². The molecule has 1 saturated carbocycles. The molecule has 1 atom stereocenters. The summed E-state index contributed by atoms with van der Waals surface area (Å²) in [6, 6.07) is 4.56. The Kier molecular flexibility index (Phi) is 6.34. The summed E-state index contributed by atoms with van der Waals surface area (Å²) < 4.78 is 7.12. The fourth-order valence-corrected chi connectivity index (χ4v) is 4.41. The van der Waals surface area contributed by atoms with Gasteiger partial charge in [0.15, 0.2) is 0 Å². The van der Waals surface area contributed by atoms with Gasteiger partial charge in [-0.15, -0.1) is 11.3 Å². The highest BCUT2D eigenvalue weighted by Gasteiger charge is 2.41. The number of hydrogen-bond acceptors (Lipinski definition) is 3. The highest BCUT2D eigenvalue weighted by Crippen LogP contribution is 2.38. The van der Waals surface area contributed by atoms with Crippen LogP contribution < -0.4 is 5.32 Å². The van der Waals surface area contributed by atoms with Crippen LogP contribution in [0.25, 0.3) is 0 Å². The van der Waals surface area contributed by atoms with Gasteiger partial charge in [-0.25, -0.2) is 0 Å². The van der Waals surface area contributed by atoms with Gasteiger partial charge in [0.2, 0.25) is 0 Å². The summed E-state index contributed by atoms with van der Waals surface area (Å²) in [4.78, 5) is 1.36. The minimum absolute atomic E-state index is 0.0282. The molecule has 0 aliphatic heterocycles. The third kappa shape index (κ3) is 3.97. The number of rotatable bonds is 8. The number of hydrogen-bond donors (Lipinski definition) is 1. The lowest BCUT2D eigenvalue weighted by Crippen LogP contribution is -2.52. The monoisotopic (exact) mass is 315 g/mol. The van der Waals surface area contributed by atoms with Gasteiger partial charge in [0.1, 0.15) is 0 Å². The molecule has 1 heterocycles. The second-order valence-electron chi connectivity index (χ2n) is 5.62. The molecule has 1 fully saturated rings. The summed E-state index contributed by atoms with van der Waals surface area (Å²) >= 11 is 7.77. The first kappa shape index (κ1) is 16.3. The second-order valence-corrected chi connectivity index (χ2v) is 7.42. The Hall–Kier alpha value is -0.0900. The lowest BCUT2D eigenvalue weighted by Gasteiger charge is -2.38. The van der Waals surface area contributed by atoms with Gasteiger partial charge >= 0.3 is 0 Å². The molecule has 2 nitrogen and oxygen atoms in total. The van der Waals surface area contributed by atoms with Crippen LogP contribution in [-0.2, 0) is 11.2 Å². The van der Waals surface area contributed by atoms with E-state index in [1.54, 1.807) is 11.3 Å². The fourth-order valence-electron chi connectivity index (χ4n) is 3.28. The van der Waals surface area contributed by atoms with E-state index >= 15 is 0 Å². The first-order valence-electron chi connectivity index (χ1n) is 7.81. The molecule has 0 aromatic carbocycles. The summed E-state index contributed by atoms with van der Waals surface area (Å²) in [7, 11) is 0. The van der Waals surface area contributed by atoms with Gasteiger partial charge in [-0.05, 0) is 51.3 Å². The van der Waals surface area contributed by atoms with E-state index in [1.807, 2.05) is 6.07 Å². The van der Waals surface area contributed by atoms with Gasteiger partial charge in [-0.3, -0.25) is 0 Å². The summed E-state index contributed by atoms with van der Waals surface area (Å²) in [5, 5.41) is 3.73. The van der Waals surface area contributed by atoms with Gasteiger partial charge in [0.05, 0.1) is 9.94 Å². The molecule has 1 N–H and O–H groups in total. The maximum atomic E-state index is 6.24. The molecule has 4 heteroatoms. The van der Waals surface area contributed by atoms with Crippen LogP contribution in [0.1, 0.15) is 50.8 Å². The van der Waals surface area contributed by atoms with Crippen LogP contribution in [0.15, 0.2) is 12.1 Å². The molecule has 1 aromatic rings. The van der Waals surface area contributed by atoms with Gasteiger partial charge in [-0.2, -0.15) is 0 Å². The van der Waals surface area contributed by atoms with E-state index in [2.05, 4.69) is 25.2 Å². The summed E-state index contributed by atoms with van der Waals surface area (Å²) in [6.07, 6.45) is 7.12. The maximum absolute atomic E-state index is 6.24. The Balaban J connectivity index is 2.12.